The van der Waals surface area contributed by atoms with E-state index in [4.69, 9.17) is 0 Å². The minimum absolute atomic E-state index is 0.189. The van der Waals surface area contributed by atoms with E-state index in [1.807, 2.05) is 0 Å². The van der Waals surface area contributed by atoms with E-state index in [0.29, 0.717) is 16.5 Å². The van der Waals surface area contributed by atoms with Crippen LogP contribution in [0.3, 0.4) is 0 Å². The van der Waals surface area contributed by atoms with Crippen LogP contribution in [-0.4, -0.2) is 15.9 Å². The molecule has 0 spiro atoms. The van der Waals surface area contributed by atoms with Gasteiger partial charge in [-0.2, -0.15) is 0 Å². The summed E-state index contributed by atoms with van der Waals surface area (Å²) in [6.45, 7) is 1.34. The minimum atomic E-state index is -0.594. The smallest absolute Gasteiger partial charge is 0.273 e. The molecular weight excluding hydrogens is 236 g/mol. The Morgan fingerprint density at radius 3 is 2.67 bits per heavy atom. The molecule has 2 aromatic carbocycles. The van der Waals surface area contributed by atoms with E-state index in [1.165, 1.54) is 13.0 Å². The molecule has 0 radical (unpaired) electrons. The molecule has 0 saturated heterocycles. The van der Waals surface area contributed by atoms with Gasteiger partial charge in [0.1, 0.15) is 5.75 Å². The molecule has 1 amide bonds. The van der Waals surface area contributed by atoms with Gasteiger partial charge in [-0.3, -0.25) is 14.9 Å². The van der Waals surface area contributed by atoms with Crippen LogP contribution in [-0.2, 0) is 4.79 Å². The number of nitrogens with one attached hydrogen (secondary N) is 1. The number of rotatable bonds is 2. The highest BCUT2D eigenvalue weighted by molar-refractivity contribution is 6.04. The normalized spacial score (nSPS) is 10.3. The van der Waals surface area contributed by atoms with Gasteiger partial charge < -0.3 is 10.4 Å². The van der Waals surface area contributed by atoms with Crippen LogP contribution in [0.5, 0.6) is 5.75 Å². The maximum Gasteiger partial charge on any atom is 0.273 e. The van der Waals surface area contributed by atoms with Gasteiger partial charge in [0.15, 0.2) is 0 Å². The van der Waals surface area contributed by atoms with Crippen LogP contribution in [0.1, 0.15) is 6.92 Å². The Morgan fingerprint density at radius 2 is 2.06 bits per heavy atom. The maximum absolute atomic E-state index is 11.1. The SMILES string of the molecule is CC(=O)Nc1cccc2c(O)cc([N+](=O)[O-])cc12. The van der Waals surface area contributed by atoms with Crippen LogP contribution in [0, 0.1) is 10.1 Å². The van der Waals surface area contributed by atoms with Crippen LogP contribution in [0.4, 0.5) is 11.4 Å². The molecule has 0 saturated carbocycles. The van der Waals surface area contributed by atoms with Crippen molar-refractivity contribution in [3.63, 3.8) is 0 Å². The monoisotopic (exact) mass is 246 g/mol. The molecule has 0 bridgehead atoms. The molecule has 0 atom stereocenters. The summed E-state index contributed by atoms with van der Waals surface area (Å²) < 4.78 is 0. The number of benzene rings is 2. The second kappa shape index (κ2) is 4.33. The highest BCUT2D eigenvalue weighted by atomic mass is 16.6. The molecule has 0 aliphatic carbocycles. The lowest BCUT2D eigenvalue weighted by molar-refractivity contribution is -0.384. The fourth-order valence-electron chi connectivity index (χ4n) is 1.76. The Balaban J connectivity index is 2.73. The zero-order valence-corrected chi connectivity index (χ0v) is 9.51. The van der Waals surface area contributed by atoms with Crippen molar-refractivity contribution in [3.05, 3.63) is 40.4 Å². The Hall–Kier alpha value is -2.63. The van der Waals surface area contributed by atoms with Crippen molar-refractivity contribution in [1.82, 2.24) is 0 Å². The van der Waals surface area contributed by atoms with E-state index in [0.717, 1.165) is 6.07 Å². The van der Waals surface area contributed by atoms with Gasteiger partial charge in [-0.15, -0.1) is 0 Å². The van der Waals surface area contributed by atoms with E-state index in [2.05, 4.69) is 5.32 Å². The van der Waals surface area contributed by atoms with Crippen molar-refractivity contribution >= 4 is 28.1 Å². The van der Waals surface area contributed by atoms with Crippen molar-refractivity contribution in [3.8, 4) is 5.75 Å². The number of nitro groups is 1. The average molecular weight is 246 g/mol. The standard InChI is InChI=1S/C12H10N2O4/c1-7(15)13-11-4-2-3-9-10(11)5-8(14(17)18)6-12(9)16/h2-6,16H,1H3,(H,13,15). The molecule has 0 aliphatic heterocycles. The Labute approximate surface area is 102 Å². The fraction of sp³-hybridized carbons (Fsp3) is 0.0833. The van der Waals surface area contributed by atoms with Gasteiger partial charge in [0.2, 0.25) is 5.91 Å². The number of amides is 1. The third-order valence-corrected chi connectivity index (χ3v) is 2.48. The largest absolute Gasteiger partial charge is 0.507 e. The molecule has 92 valence electrons. The quantitative estimate of drug-likeness (QED) is 0.628. The van der Waals surface area contributed by atoms with Crippen LogP contribution in [0.25, 0.3) is 10.8 Å². The van der Waals surface area contributed by atoms with Crippen molar-refractivity contribution in [1.29, 1.82) is 0 Å². The molecule has 2 N–H and O–H groups in total. The number of nitro benzene ring substituents is 1. The van der Waals surface area contributed by atoms with E-state index in [1.54, 1.807) is 18.2 Å². The summed E-state index contributed by atoms with van der Waals surface area (Å²) in [6, 6.07) is 7.30. The molecule has 0 unspecified atom stereocenters. The van der Waals surface area contributed by atoms with Gasteiger partial charge in [-0.25, -0.2) is 0 Å². The number of aromatic hydroxyl groups is 1. The van der Waals surface area contributed by atoms with Gasteiger partial charge in [-0.05, 0) is 6.07 Å². The summed E-state index contributed by atoms with van der Waals surface area (Å²) >= 11 is 0. The summed E-state index contributed by atoms with van der Waals surface area (Å²) in [5.41, 5.74) is 0.205. The minimum Gasteiger partial charge on any atom is -0.507 e. The number of non-ortho nitro benzene ring substituents is 1. The fourth-order valence-corrected chi connectivity index (χ4v) is 1.76. The zero-order chi connectivity index (χ0) is 13.3. The summed E-state index contributed by atoms with van der Waals surface area (Å²) in [6.07, 6.45) is 0. The predicted octanol–water partition coefficient (Wildman–Crippen LogP) is 2.41. The second-order valence-electron chi connectivity index (χ2n) is 3.80. The highest BCUT2D eigenvalue weighted by Gasteiger charge is 2.13. The average Bonchev–Trinajstić information content (AvgIpc) is 2.29. The first-order valence-electron chi connectivity index (χ1n) is 5.17. The lowest BCUT2D eigenvalue weighted by atomic mass is 10.1. The van der Waals surface area contributed by atoms with Gasteiger partial charge in [0.25, 0.3) is 5.69 Å². The lowest BCUT2D eigenvalue weighted by Crippen LogP contribution is -2.06. The summed E-state index contributed by atoms with van der Waals surface area (Å²) in [5.74, 6) is -0.472. The molecule has 6 nitrogen and oxygen atoms in total. The highest BCUT2D eigenvalue weighted by Crippen LogP contribution is 2.34. The van der Waals surface area contributed by atoms with Crippen LogP contribution in [0.2, 0.25) is 0 Å². The van der Waals surface area contributed by atoms with Crippen LogP contribution < -0.4 is 5.32 Å². The van der Waals surface area contributed by atoms with Crippen LogP contribution >= 0.6 is 0 Å². The number of anilines is 1. The number of hydrogen-bond donors (Lipinski definition) is 2. The summed E-state index contributed by atoms with van der Waals surface area (Å²) in [7, 11) is 0. The van der Waals surface area contributed by atoms with Crippen molar-refractivity contribution in [2.75, 3.05) is 5.32 Å². The van der Waals surface area contributed by atoms with E-state index in [9.17, 15) is 20.0 Å². The van der Waals surface area contributed by atoms with Crippen molar-refractivity contribution < 1.29 is 14.8 Å². The predicted molar refractivity (Wildman–Crippen MR) is 66.6 cm³/mol. The number of phenols is 1. The third-order valence-electron chi connectivity index (χ3n) is 2.48. The molecule has 0 fully saturated rings. The van der Waals surface area contributed by atoms with E-state index >= 15 is 0 Å². The zero-order valence-electron chi connectivity index (χ0n) is 9.51. The second-order valence-corrected chi connectivity index (χ2v) is 3.80. The van der Waals surface area contributed by atoms with Crippen molar-refractivity contribution in [2.45, 2.75) is 6.92 Å². The van der Waals surface area contributed by atoms with Gasteiger partial charge in [-0.1, -0.05) is 12.1 Å². The van der Waals surface area contributed by atoms with E-state index < -0.39 is 4.92 Å². The van der Waals surface area contributed by atoms with Gasteiger partial charge in [0, 0.05) is 29.4 Å². The molecule has 2 aromatic rings. The third kappa shape index (κ3) is 2.08. The number of nitrogens with zero attached hydrogens (tertiary/aromatic N) is 1. The van der Waals surface area contributed by atoms with Gasteiger partial charge >= 0.3 is 0 Å². The molecule has 0 aromatic heterocycles. The Morgan fingerprint density at radius 1 is 1.33 bits per heavy atom. The van der Waals surface area contributed by atoms with Gasteiger partial charge in [0.05, 0.1) is 11.0 Å². The maximum atomic E-state index is 11.1. The topological polar surface area (TPSA) is 92.5 Å². The molecule has 18 heavy (non-hydrogen) atoms. The van der Waals surface area contributed by atoms with Crippen LogP contribution in [0.15, 0.2) is 30.3 Å². The molecular formula is C12H10N2O4. The first-order chi connectivity index (χ1) is 8.49. The molecule has 6 heteroatoms. The number of phenolic OH excluding ortho intramolecular Hbond substituents is 1. The van der Waals surface area contributed by atoms with E-state index in [-0.39, 0.29) is 17.3 Å². The number of fused-ring (bicyclic) bond motifs is 1. The Bertz CT molecular complexity index is 652. The number of carbonyl (C=O) groups is 1. The summed E-state index contributed by atoms with van der Waals surface area (Å²) in [5, 5.41) is 23.9. The first kappa shape index (κ1) is 11.8. The van der Waals surface area contributed by atoms with Crippen molar-refractivity contribution in [2.24, 2.45) is 0 Å². The Kier molecular flexibility index (Phi) is 2.85. The molecule has 0 aliphatic rings. The number of hydrogen-bond acceptors (Lipinski definition) is 4. The lowest BCUT2D eigenvalue weighted by Gasteiger charge is -2.08. The summed E-state index contributed by atoms with van der Waals surface area (Å²) in [4.78, 5) is 21.2. The number of carbonyl (C=O) groups excluding carboxylic acids is 1. The molecule has 0 heterocycles. The first-order valence-corrected chi connectivity index (χ1v) is 5.17. The molecule has 2 rings (SSSR count).